The predicted octanol–water partition coefficient (Wildman–Crippen LogP) is 2.28. The normalized spacial score (nSPS) is 10.5. The van der Waals surface area contributed by atoms with Crippen LogP contribution in [0.4, 0.5) is 14.5 Å². The zero-order valence-corrected chi connectivity index (χ0v) is 8.11. The van der Waals surface area contributed by atoms with E-state index in [4.69, 9.17) is 16.7 Å². The second-order valence-corrected chi connectivity index (χ2v) is 2.97. The van der Waals surface area contributed by atoms with Crippen LogP contribution in [0.1, 0.15) is 22.6 Å². The van der Waals surface area contributed by atoms with E-state index in [-0.39, 0.29) is 0 Å². The molecule has 1 aromatic heterocycles. The van der Waals surface area contributed by atoms with Crippen molar-refractivity contribution < 1.29 is 23.6 Å². The van der Waals surface area contributed by atoms with Crippen LogP contribution in [0.3, 0.4) is 0 Å². The van der Waals surface area contributed by atoms with Gasteiger partial charge in [0.2, 0.25) is 0 Å². The van der Waals surface area contributed by atoms with Gasteiger partial charge in [-0.25, -0.2) is 18.6 Å². The van der Waals surface area contributed by atoms with Crippen molar-refractivity contribution >= 4 is 23.3 Å². The molecule has 6 nitrogen and oxygen atoms in total. The lowest BCUT2D eigenvalue weighted by Crippen LogP contribution is -2.06. The molecule has 9 heteroatoms. The minimum atomic E-state index is -3.19. The number of pyridine rings is 1. The summed E-state index contributed by atoms with van der Waals surface area (Å²) in [4.78, 5) is 22.9. The highest BCUT2D eigenvalue weighted by Crippen LogP contribution is 2.33. The minimum Gasteiger partial charge on any atom is -0.477 e. The quantitative estimate of drug-likeness (QED) is 0.658. The van der Waals surface area contributed by atoms with Crippen LogP contribution in [-0.2, 0) is 0 Å². The van der Waals surface area contributed by atoms with Gasteiger partial charge >= 0.3 is 5.97 Å². The van der Waals surface area contributed by atoms with E-state index < -0.39 is 39.4 Å². The topological polar surface area (TPSA) is 93.3 Å². The van der Waals surface area contributed by atoms with Crippen molar-refractivity contribution in [3.63, 3.8) is 0 Å². The fourth-order valence-electron chi connectivity index (χ4n) is 0.922. The smallest absolute Gasteiger partial charge is 0.354 e. The van der Waals surface area contributed by atoms with Crippen LogP contribution in [-0.4, -0.2) is 21.0 Å². The zero-order chi connectivity index (χ0) is 12.5. The number of rotatable bonds is 3. The van der Waals surface area contributed by atoms with Crippen molar-refractivity contribution in [3.8, 4) is 0 Å². The predicted molar refractivity (Wildman–Crippen MR) is 47.8 cm³/mol. The number of hydrogen-bond donors (Lipinski definition) is 1. The molecule has 1 aromatic rings. The van der Waals surface area contributed by atoms with Crippen LogP contribution in [0.2, 0.25) is 5.02 Å². The second-order valence-electron chi connectivity index (χ2n) is 2.59. The van der Waals surface area contributed by atoms with Crippen LogP contribution >= 0.6 is 11.6 Å². The van der Waals surface area contributed by atoms with Gasteiger partial charge in [-0.15, -0.1) is 0 Å². The maximum absolute atomic E-state index is 12.4. The highest BCUT2D eigenvalue weighted by Gasteiger charge is 2.26. The Hall–Kier alpha value is -1.83. The zero-order valence-electron chi connectivity index (χ0n) is 7.35. The van der Waals surface area contributed by atoms with Gasteiger partial charge in [-0.05, 0) is 0 Å². The summed E-state index contributed by atoms with van der Waals surface area (Å²) in [5.41, 5.74) is -2.89. The molecule has 0 aliphatic rings. The number of nitro groups is 1. The Morgan fingerprint density at radius 1 is 1.62 bits per heavy atom. The van der Waals surface area contributed by atoms with Crippen molar-refractivity contribution in [2.24, 2.45) is 0 Å². The van der Waals surface area contributed by atoms with Gasteiger partial charge in [-0.3, -0.25) is 10.1 Å². The number of halogens is 3. The van der Waals surface area contributed by atoms with Crippen LogP contribution in [0, 0.1) is 10.1 Å². The van der Waals surface area contributed by atoms with Gasteiger partial charge in [-0.2, -0.15) is 0 Å². The molecule has 1 N–H and O–H groups in total. The summed E-state index contributed by atoms with van der Waals surface area (Å²) in [6, 6.07) is 0.524. The number of aromatic carboxylic acids is 1. The van der Waals surface area contributed by atoms with Crippen molar-refractivity contribution in [2.45, 2.75) is 6.43 Å². The van der Waals surface area contributed by atoms with E-state index in [0.717, 1.165) is 0 Å². The fraction of sp³-hybridized carbons (Fsp3) is 0.143. The van der Waals surface area contributed by atoms with E-state index in [0.29, 0.717) is 6.07 Å². The molecule has 0 saturated heterocycles. The third kappa shape index (κ3) is 2.22. The van der Waals surface area contributed by atoms with E-state index >= 15 is 0 Å². The first-order valence-corrected chi connectivity index (χ1v) is 4.08. The van der Waals surface area contributed by atoms with Gasteiger partial charge in [0.15, 0.2) is 5.69 Å². The number of alkyl halides is 2. The maximum Gasteiger partial charge on any atom is 0.354 e. The van der Waals surface area contributed by atoms with E-state index in [1.165, 1.54) is 0 Å². The summed E-state index contributed by atoms with van der Waals surface area (Å²) >= 11 is 5.30. The van der Waals surface area contributed by atoms with Gasteiger partial charge in [0.1, 0.15) is 10.7 Å². The van der Waals surface area contributed by atoms with Crippen molar-refractivity contribution in [3.05, 3.63) is 32.6 Å². The molecule has 0 aliphatic heterocycles. The highest BCUT2D eigenvalue weighted by molar-refractivity contribution is 6.33. The number of carboxylic acids is 1. The summed E-state index contributed by atoms with van der Waals surface area (Å²) < 4.78 is 24.7. The molecule has 1 heterocycles. The highest BCUT2D eigenvalue weighted by atomic mass is 35.5. The summed E-state index contributed by atoms with van der Waals surface area (Å²) in [5, 5.41) is 18.1. The molecule has 0 bridgehead atoms. The lowest BCUT2D eigenvalue weighted by molar-refractivity contribution is -0.384. The number of aromatic nitrogens is 1. The van der Waals surface area contributed by atoms with Gasteiger partial charge < -0.3 is 5.11 Å². The minimum absolute atomic E-state index is 0.524. The lowest BCUT2D eigenvalue weighted by atomic mass is 10.2. The number of hydrogen-bond acceptors (Lipinski definition) is 4. The van der Waals surface area contributed by atoms with Crippen molar-refractivity contribution in [1.82, 2.24) is 4.98 Å². The second kappa shape index (κ2) is 4.35. The molecule has 1 rings (SSSR count). The largest absolute Gasteiger partial charge is 0.477 e. The van der Waals surface area contributed by atoms with Crippen molar-refractivity contribution in [1.29, 1.82) is 0 Å². The molecule has 0 spiro atoms. The Balaban J connectivity index is 3.51. The molecule has 0 fully saturated rings. The maximum atomic E-state index is 12.4. The van der Waals surface area contributed by atoms with Crippen LogP contribution in [0.5, 0.6) is 0 Å². The summed E-state index contributed by atoms with van der Waals surface area (Å²) in [5.74, 6) is -1.65. The molecule has 0 atom stereocenters. The van der Waals surface area contributed by atoms with E-state index in [9.17, 15) is 23.7 Å². The van der Waals surface area contributed by atoms with Gasteiger partial charge in [0, 0.05) is 0 Å². The molecule has 0 aromatic carbocycles. The summed E-state index contributed by atoms with van der Waals surface area (Å²) in [6.45, 7) is 0. The number of carboxylic acid groups (broad SMARTS) is 1. The Labute approximate surface area is 91.6 Å². The SMILES string of the molecule is O=C(O)c1cc([N+](=O)[O-])c(Cl)c(C(F)F)n1. The first kappa shape index (κ1) is 12.2. The lowest BCUT2D eigenvalue weighted by Gasteiger charge is -2.04. The summed E-state index contributed by atoms with van der Waals surface area (Å²) in [7, 11) is 0. The molecule has 86 valence electrons. The third-order valence-corrected chi connectivity index (χ3v) is 1.97. The van der Waals surface area contributed by atoms with Crippen molar-refractivity contribution in [2.75, 3.05) is 0 Å². The Morgan fingerprint density at radius 2 is 2.19 bits per heavy atom. The Morgan fingerprint density at radius 3 is 2.56 bits per heavy atom. The van der Waals surface area contributed by atoms with Gasteiger partial charge in [0.05, 0.1) is 11.0 Å². The summed E-state index contributed by atoms with van der Waals surface area (Å²) in [6.07, 6.45) is -3.19. The molecule has 16 heavy (non-hydrogen) atoms. The average molecular weight is 253 g/mol. The molecule has 0 aliphatic carbocycles. The van der Waals surface area contributed by atoms with Gasteiger partial charge in [-0.1, -0.05) is 11.6 Å². The average Bonchev–Trinajstić information content (AvgIpc) is 2.16. The molecule has 0 radical (unpaired) electrons. The molecular weight excluding hydrogens is 250 g/mol. The van der Waals surface area contributed by atoms with E-state index in [1.54, 1.807) is 0 Å². The Bertz CT molecular complexity index is 466. The van der Waals surface area contributed by atoms with Crippen LogP contribution < -0.4 is 0 Å². The molecular formula is C7H3ClF2N2O4. The Kier molecular flexibility index (Phi) is 3.33. The van der Waals surface area contributed by atoms with E-state index in [1.807, 2.05) is 0 Å². The van der Waals surface area contributed by atoms with Crippen LogP contribution in [0.15, 0.2) is 6.07 Å². The number of carbonyl (C=O) groups is 1. The monoisotopic (exact) mass is 252 g/mol. The fourth-order valence-corrected chi connectivity index (χ4v) is 1.17. The molecule has 0 amide bonds. The molecule has 0 saturated carbocycles. The third-order valence-electron chi connectivity index (χ3n) is 1.59. The standard InChI is InChI=1S/C7H3ClF2N2O4/c8-4-3(12(15)16)1-2(7(13)14)11-5(4)6(9)10/h1,6H,(H,13,14). The molecule has 0 unspecified atom stereocenters. The van der Waals surface area contributed by atoms with E-state index in [2.05, 4.69) is 4.98 Å². The first-order valence-electron chi connectivity index (χ1n) is 3.71. The van der Waals surface area contributed by atoms with Gasteiger partial charge in [0.25, 0.3) is 12.1 Å². The first-order chi connectivity index (χ1) is 7.34. The van der Waals surface area contributed by atoms with Crippen LogP contribution in [0.25, 0.3) is 0 Å². The number of nitrogens with zero attached hydrogens (tertiary/aromatic N) is 2.